The van der Waals surface area contributed by atoms with Crippen LogP contribution in [-0.4, -0.2) is 49.5 Å². The molecule has 3 heterocycles. The summed E-state index contributed by atoms with van der Waals surface area (Å²) >= 11 is 4.91. The van der Waals surface area contributed by atoms with E-state index >= 15 is 0 Å². The molecule has 2 aromatic heterocycles. The topological polar surface area (TPSA) is 104 Å². The lowest BCUT2D eigenvalue weighted by molar-refractivity contribution is 0.0701. The van der Waals surface area contributed by atoms with E-state index in [9.17, 15) is 4.79 Å². The van der Waals surface area contributed by atoms with Gasteiger partial charge in [0.2, 0.25) is 5.89 Å². The van der Waals surface area contributed by atoms with Crippen molar-refractivity contribution >= 4 is 18.1 Å². The van der Waals surface area contributed by atoms with Gasteiger partial charge in [-0.2, -0.15) is 15.4 Å². The summed E-state index contributed by atoms with van der Waals surface area (Å²) in [6, 6.07) is 9.55. The summed E-state index contributed by atoms with van der Waals surface area (Å²) in [6.45, 7) is 1.22. The van der Waals surface area contributed by atoms with E-state index in [0.29, 0.717) is 30.4 Å². The van der Waals surface area contributed by atoms with Crippen LogP contribution in [0.15, 0.2) is 34.7 Å². The van der Waals surface area contributed by atoms with E-state index in [1.807, 2.05) is 30.3 Å². The van der Waals surface area contributed by atoms with E-state index in [1.54, 1.807) is 4.90 Å². The molecule has 0 aliphatic carbocycles. The minimum Gasteiger partial charge on any atom is -0.414 e. The van der Waals surface area contributed by atoms with Gasteiger partial charge in [0, 0.05) is 24.6 Å². The Labute approximate surface area is 148 Å². The maximum Gasteiger partial charge on any atom is 0.284 e. The van der Waals surface area contributed by atoms with E-state index < -0.39 is 0 Å². The first-order valence-corrected chi connectivity index (χ1v) is 8.44. The largest absolute Gasteiger partial charge is 0.414 e. The van der Waals surface area contributed by atoms with Crippen LogP contribution in [-0.2, 0) is 0 Å². The van der Waals surface area contributed by atoms with Gasteiger partial charge in [-0.05, 0) is 25.1 Å². The number of aromatic amines is 2. The molecule has 0 bridgehead atoms. The van der Waals surface area contributed by atoms with Crippen molar-refractivity contribution in [2.75, 3.05) is 13.1 Å². The Bertz CT molecular complexity index is 923. The molecule has 1 aliphatic rings. The Balaban J connectivity index is 1.48. The molecular weight excluding hydrogens is 340 g/mol. The molecule has 2 N–H and O–H groups in total. The number of rotatable bonds is 3. The third-order valence-corrected chi connectivity index (χ3v) is 4.56. The van der Waals surface area contributed by atoms with Crippen LogP contribution in [0.3, 0.4) is 0 Å². The Morgan fingerprint density at radius 1 is 1.16 bits per heavy atom. The van der Waals surface area contributed by atoms with Crippen molar-refractivity contribution in [2.24, 2.45) is 0 Å². The van der Waals surface area contributed by atoms with Crippen molar-refractivity contribution in [3.8, 4) is 11.3 Å². The lowest BCUT2D eigenvalue weighted by Gasteiger charge is -2.30. The van der Waals surface area contributed by atoms with Gasteiger partial charge in [0.1, 0.15) is 5.69 Å². The first-order valence-electron chi connectivity index (χ1n) is 8.03. The Hall–Kier alpha value is -2.81. The minimum atomic E-state index is -0.117. The molecule has 1 fully saturated rings. The fraction of sp³-hybridized carbons (Fsp3) is 0.312. The molecule has 25 heavy (non-hydrogen) atoms. The van der Waals surface area contributed by atoms with Crippen molar-refractivity contribution in [3.05, 3.63) is 46.8 Å². The molecule has 1 amide bonds. The number of carbonyl (C=O) groups excluding carboxylic acids is 1. The van der Waals surface area contributed by atoms with E-state index in [1.165, 1.54) is 0 Å². The van der Waals surface area contributed by atoms with Gasteiger partial charge in [-0.3, -0.25) is 4.79 Å². The highest BCUT2D eigenvalue weighted by atomic mass is 32.1. The van der Waals surface area contributed by atoms with Gasteiger partial charge in [0.15, 0.2) is 5.69 Å². The number of amides is 1. The SMILES string of the molecule is O=C(c1n[nH]nc1-c1ccccc1)N1CCC(c2n[nH]c(=S)o2)CC1. The summed E-state index contributed by atoms with van der Waals surface area (Å²) in [5.74, 6) is 0.667. The predicted octanol–water partition coefficient (Wildman–Crippen LogP) is 2.54. The van der Waals surface area contributed by atoms with Crippen molar-refractivity contribution in [2.45, 2.75) is 18.8 Å². The monoisotopic (exact) mass is 356 g/mol. The summed E-state index contributed by atoms with van der Waals surface area (Å²) in [7, 11) is 0. The molecule has 0 saturated carbocycles. The molecule has 0 unspecified atom stereocenters. The first-order chi connectivity index (χ1) is 12.2. The number of likely N-dealkylation sites (tertiary alicyclic amines) is 1. The third-order valence-electron chi connectivity index (χ3n) is 4.38. The molecule has 4 rings (SSSR count). The molecule has 0 spiro atoms. The van der Waals surface area contributed by atoms with Crippen LogP contribution in [0.2, 0.25) is 0 Å². The average molecular weight is 356 g/mol. The van der Waals surface area contributed by atoms with E-state index in [0.717, 1.165) is 18.4 Å². The summed E-state index contributed by atoms with van der Waals surface area (Å²) in [6.07, 6.45) is 1.54. The second-order valence-electron chi connectivity index (χ2n) is 5.90. The number of carbonyl (C=O) groups is 1. The highest BCUT2D eigenvalue weighted by Gasteiger charge is 2.30. The molecule has 0 atom stereocenters. The standard InChI is InChI=1S/C16H16N6O2S/c23-15(13-12(17-21-18-13)10-4-2-1-3-5-10)22-8-6-11(7-9-22)14-19-20-16(25)24-14/h1-5,11H,6-9H2,(H,20,25)(H,17,18,21). The van der Waals surface area contributed by atoms with Crippen LogP contribution in [0, 0.1) is 4.84 Å². The summed E-state index contributed by atoms with van der Waals surface area (Å²) in [4.78, 5) is 14.9. The number of H-pyrrole nitrogens is 2. The molecule has 9 heteroatoms. The second kappa shape index (κ2) is 6.60. The second-order valence-corrected chi connectivity index (χ2v) is 6.28. The Kier molecular flexibility index (Phi) is 4.14. The smallest absolute Gasteiger partial charge is 0.284 e. The van der Waals surface area contributed by atoms with E-state index in [-0.39, 0.29) is 16.7 Å². The highest BCUT2D eigenvalue weighted by Crippen LogP contribution is 2.28. The van der Waals surface area contributed by atoms with Crippen LogP contribution in [0.25, 0.3) is 11.3 Å². The fourth-order valence-electron chi connectivity index (χ4n) is 3.07. The molecule has 1 saturated heterocycles. The number of nitrogens with zero attached hydrogens (tertiary/aromatic N) is 4. The lowest BCUT2D eigenvalue weighted by atomic mass is 9.96. The number of hydrogen-bond acceptors (Lipinski definition) is 6. The molecule has 128 valence electrons. The number of aromatic nitrogens is 5. The number of piperidine rings is 1. The summed E-state index contributed by atoms with van der Waals surface area (Å²) in [5, 5.41) is 17.5. The first kappa shape index (κ1) is 15.7. The van der Waals surface area contributed by atoms with E-state index in [2.05, 4.69) is 25.6 Å². The van der Waals surface area contributed by atoms with Gasteiger partial charge in [0.05, 0.1) is 0 Å². The minimum absolute atomic E-state index is 0.117. The molecule has 1 aliphatic heterocycles. The highest BCUT2D eigenvalue weighted by molar-refractivity contribution is 7.71. The van der Waals surface area contributed by atoms with Crippen molar-refractivity contribution in [1.29, 1.82) is 0 Å². The van der Waals surface area contributed by atoms with Gasteiger partial charge >= 0.3 is 0 Å². The van der Waals surface area contributed by atoms with Gasteiger partial charge in [-0.15, -0.1) is 5.10 Å². The zero-order chi connectivity index (χ0) is 17.2. The van der Waals surface area contributed by atoms with Crippen LogP contribution in [0.1, 0.15) is 35.1 Å². The maximum absolute atomic E-state index is 12.8. The number of nitrogens with one attached hydrogen (secondary N) is 2. The Morgan fingerprint density at radius 3 is 2.60 bits per heavy atom. The average Bonchev–Trinajstić information content (AvgIpc) is 3.31. The Morgan fingerprint density at radius 2 is 1.92 bits per heavy atom. The van der Waals surface area contributed by atoms with Crippen molar-refractivity contribution < 1.29 is 9.21 Å². The van der Waals surface area contributed by atoms with Crippen LogP contribution in [0.4, 0.5) is 0 Å². The van der Waals surface area contributed by atoms with Gasteiger partial charge in [-0.25, -0.2) is 5.10 Å². The molecule has 1 aromatic carbocycles. The van der Waals surface area contributed by atoms with Gasteiger partial charge in [-0.1, -0.05) is 30.3 Å². The van der Waals surface area contributed by atoms with Crippen LogP contribution in [0.5, 0.6) is 0 Å². The molecule has 0 radical (unpaired) electrons. The van der Waals surface area contributed by atoms with Crippen LogP contribution >= 0.6 is 12.2 Å². The molecule has 8 nitrogen and oxygen atoms in total. The van der Waals surface area contributed by atoms with E-state index in [4.69, 9.17) is 16.6 Å². The predicted molar refractivity (Wildman–Crippen MR) is 91.4 cm³/mol. The van der Waals surface area contributed by atoms with Crippen LogP contribution < -0.4 is 0 Å². The maximum atomic E-state index is 12.8. The molecular formula is C16H16N6O2S. The zero-order valence-corrected chi connectivity index (χ0v) is 14.1. The fourth-order valence-corrected chi connectivity index (χ4v) is 3.20. The van der Waals surface area contributed by atoms with Gasteiger partial charge in [0.25, 0.3) is 10.7 Å². The normalized spacial score (nSPS) is 15.4. The van der Waals surface area contributed by atoms with Crippen molar-refractivity contribution in [3.63, 3.8) is 0 Å². The van der Waals surface area contributed by atoms with Gasteiger partial charge < -0.3 is 9.32 Å². The quantitative estimate of drug-likeness (QED) is 0.699. The number of hydrogen-bond donors (Lipinski definition) is 2. The summed E-state index contributed by atoms with van der Waals surface area (Å²) in [5.41, 5.74) is 1.79. The lowest BCUT2D eigenvalue weighted by Crippen LogP contribution is -2.38. The molecule has 3 aromatic rings. The van der Waals surface area contributed by atoms with Crippen molar-refractivity contribution in [1.82, 2.24) is 30.5 Å². The third kappa shape index (κ3) is 3.10. The number of benzene rings is 1. The summed E-state index contributed by atoms with van der Waals surface area (Å²) < 4.78 is 5.39. The zero-order valence-electron chi connectivity index (χ0n) is 13.3.